The summed E-state index contributed by atoms with van der Waals surface area (Å²) in [6, 6.07) is 24.0. The van der Waals surface area contributed by atoms with Gasteiger partial charge in [0.2, 0.25) is 11.0 Å². The molecule has 0 spiro atoms. The van der Waals surface area contributed by atoms with Crippen LogP contribution < -0.4 is 14.8 Å². The van der Waals surface area contributed by atoms with E-state index in [0.29, 0.717) is 23.3 Å². The number of halogens is 1. The Hall–Kier alpha value is -3.10. The minimum absolute atomic E-state index is 0.439. The number of hydrogen-bond donors (Lipinski definition) is 1. The molecule has 1 aliphatic rings. The van der Waals surface area contributed by atoms with Gasteiger partial charge in [-0.1, -0.05) is 64.9 Å². The number of thioether (sulfide) groups is 1. The molecule has 0 saturated heterocycles. The predicted molar refractivity (Wildman–Crippen MR) is 134 cm³/mol. The third-order valence-electron chi connectivity index (χ3n) is 5.09. The molecule has 1 N–H and O–H groups in total. The first-order valence-electron chi connectivity index (χ1n) is 10.6. The Morgan fingerprint density at radius 1 is 1.03 bits per heavy atom. The molecule has 0 bridgehead atoms. The predicted octanol–water partition coefficient (Wildman–Crippen LogP) is 6.50. The van der Waals surface area contributed by atoms with Crippen LogP contribution in [0.2, 0.25) is 0 Å². The zero-order valence-electron chi connectivity index (χ0n) is 17.9. The smallest absolute Gasteiger partial charge is 0.247 e. The highest BCUT2D eigenvalue weighted by Crippen LogP contribution is 2.41. The number of hydrogen-bond acceptors (Lipinski definition) is 7. The van der Waals surface area contributed by atoms with Gasteiger partial charge >= 0.3 is 0 Å². The van der Waals surface area contributed by atoms with E-state index in [4.69, 9.17) is 9.47 Å². The number of fused-ring (bicyclic) bond motifs is 3. The quantitative estimate of drug-likeness (QED) is 0.291. The normalized spacial score (nSPS) is 14.3. The van der Waals surface area contributed by atoms with E-state index in [0.717, 1.165) is 38.4 Å². The van der Waals surface area contributed by atoms with E-state index in [1.54, 1.807) is 0 Å². The second-order valence-corrected chi connectivity index (χ2v) is 9.50. The first-order chi connectivity index (χ1) is 16.2. The molecule has 6 nitrogen and oxygen atoms in total. The molecule has 33 heavy (non-hydrogen) atoms. The number of benzene rings is 3. The van der Waals surface area contributed by atoms with Gasteiger partial charge in [0.25, 0.3) is 0 Å². The molecule has 1 aromatic heterocycles. The van der Waals surface area contributed by atoms with Crippen LogP contribution in [0.3, 0.4) is 0 Å². The number of nitrogens with one attached hydrogen (secondary N) is 1. The summed E-state index contributed by atoms with van der Waals surface area (Å²) in [7, 11) is 0. The van der Waals surface area contributed by atoms with Gasteiger partial charge in [-0.25, -0.2) is 0 Å². The monoisotopic (exact) mass is 520 g/mol. The third-order valence-corrected chi connectivity index (χ3v) is 6.31. The van der Waals surface area contributed by atoms with Crippen LogP contribution >= 0.6 is 27.7 Å². The lowest BCUT2D eigenvalue weighted by atomic mass is 10.1. The minimum Gasteiger partial charge on any atom is -0.489 e. The summed E-state index contributed by atoms with van der Waals surface area (Å²) < 4.78 is 13.2. The molecule has 0 saturated carbocycles. The highest BCUT2D eigenvalue weighted by atomic mass is 79.9. The molecule has 166 valence electrons. The second kappa shape index (κ2) is 9.80. The summed E-state index contributed by atoms with van der Waals surface area (Å²) in [4.78, 5) is 4.64. The number of rotatable bonds is 6. The van der Waals surface area contributed by atoms with E-state index >= 15 is 0 Å². The molecular formula is C25H21BrN4O2S. The SMILES string of the molecule is CCSc1nnc2c(n1)OC(c1ccc(OCc3ccccc3)cc1)Nc1ccc(Br)cc1-2. The van der Waals surface area contributed by atoms with Crippen molar-refractivity contribution in [2.45, 2.75) is 24.9 Å². The van der Waals surface area contributed by atoms with Crippen LogP contribution in [0.1, 0.15) is 24.3 Å². The van der Waals surface area contributed by atoms with E-state index in [1.165, 1.54) is 11.8 Å². The average molecular weight is 521 g/mol. The van der Waals surface area contributed by atoms with Crippen LogP contribution in [-0.4, -0.2) is 20.9 Å². The molecule has 2 heterocycles. The van der Waals surface area contributed by atoms with E-state index in [1.807, 2.05) is 72.8 Å². The van der Waals surface area contributed by atoms with Crippen LogP contribution in [0.25, 0.3) is 11.3 Å². The van der Waals surface area contributed by atoms with Crippen molar-refractivity contribution in [2.75, 3.05) is 11.1 Å². The van der Waals surface area contributed by atoms with Crippen LogP contribution in [0, 0.1) is 0 Å². The van der Waals surface area contributed by atoms with Gasteiger partial charge in [-0.05, 0) is 53.8 Å². The molecule has 1 atom stereocenters. The van der Waals surface area contributed by atoms with Gasteiger partial charge in [-0.2, -0.15) is 4.98 Å². The Bertz CT molecular complexity index is 1260. The molecule has 0 amide bonds. The molecule has 1 aliphatic heterocycles. The van der Waals surface area contributed by atoms with Crippen molar-refractivity contribution in [3.63, 3.8) is 0 Å². The van der Waals surface area contributed by atoms with Gasteiger partial charge in [-0.3, -0.25) is 0 Å². The van der Waals surface area contributed by atoms with Crippen molar-refractivity contribution in [2.24, 2.45) is 0 Å². The summed E-state index contributed by atoms with van der Waals surface area (Å²) in [6.45, 7) is 2.58. The highest BCUT2D eigenvalue weighted by molar-refractivity contribution is 9.10. The molecule has 8 heteroatoms. The maximum atomic E-state index is 6.33. The number of nitrogens with zero attached hydrogens (tertiary/aromatic N) is 3. The molecule has 0 fully saturated rings. The Labute approximate surface area is 204 Å². The molecule has 5 rings (SSSR count). The summed E-state index contributed by atoms with van der Waals surface area (Å²) in [5.74, 6) is 2.11. The van der Waals surface area contributed by atoms with Crippen LogP contribution in [-0.2, 0) is 6.61 Å². The fourth-order valence-corrected chi connectivity index (χ4v) is 4.36. The molecule has 4 aromatic rings. The largest absolute Gasteiger partial charge is 0.489 e. The van der Waals surface area contributed by atoms with Gasteiger partial charge in [0, 0.05) is 21.3 Å². The number of aromatic nitrogens is 3. The Morgan fingerprint density at radius 3 is 2.64 bits per heavy atom. The Balaban J connectivity index is 1.42. The van der Waals surface area contributed by atoms with Crippen molar-refractivity contribution in [3.05, 3.63) is 88.4 Å². The lowest BCUT2D eigenvalue weighted by Crippen LogP contribution is -2.17. The fourth-order valence-electron chi connectivity index (χ4n) is 3.49. The fraction of sp³-hybridized carbons (Fsp3) is 0.160. The second-order valence-electron chi connectivity index (χ2n) is 7.36. The van der Waals surface area contributed by atoms with Gasteiger partial charge in [0.1, 0.15) is 12.4 Å². The summed E-state index contributed by atoms with van der Waals surface area (Å²) in [6.07, 6.45) is -0.439. The topological polar surface area (TPSA) is 69.2 Å². The minimum atomic E-state index is -0.439. The Morgan fingerprint density at radius 2 is 1.85 bits per heavy atom. The first-order valence-corrected chi connectivity index (χ1v) is 12.3. The summed E-state index contributed by atoms with van der Waals surface area (Å²) in [5, 5.41) is 12.8. The Kier molecular flexibility index (Phi) is 6.46. The summed E-state index contributed by atoms with van der Waals surface area (Å²) in [5.41, 5.74) is 4.48. The first kappa shape index (κ1) is 21.7. The zero-order chi connectivity index (χ0) is 22.6. The van der Waals surface area contributed by atoms with Gasteiger partial charge in [0.15, 0.2) is 11.9 Å². The maximum absolute atomic E-state index is 6.33. The van der Waals surface area contributed by atoms with Crippen molar-refractivity contribution < 1.29 is 9.47 Å². The van der Waals surface area contributed by atoms with E-state index in [-0.39, 0.29) is 0 Å². The third kappa shape index (κ3) is 4.96. The molecule has 3 aromatic carbocycles. The van der Waals surface area contributed by atoms with Gasteiger partial charge in [0.05, 0.1) is 0 Å². The average Bonchev–Trinajstić information content (AvgIpc) is 3.00. The molecule has 0 aliphatic carbocycles. The number of ether oxygens (including phenoxy) is 2. The highest BCUT2D eigenvalue weighted by Gasteiger charge is 2.26. The summed E-state index contributed by atoms with van der Waals surface area (Å²) >= 11 is 5.08. The van der Waals surface area contributed by atoms with Crippen molar-refractivity contribution in [3.8, 4) is 22.9 Å². The molecule has 1 unspecified atom stereocenters. The maximum Gasteiger partial charge on any atom is 0.247 e. The van der Waals surface area contributed by atoms with Crippen molar-refractivity contribution in [1.82, 2.24) is 15.2 Å². The molecule has 0 radical (unpaired) electrons. The van der Waals surface area contributed by atoms with Gasteiger partial charge in [-0.15, -0.1) is 10.2 Å². The zero-order valence-corrected chi connectivity index (χ0v) is 20.3. The van der Waals surface area contributed by atoms with E-state index in [2.05, 4.69) is 43.4 Å². The van der Waals surface area contributed by atoms with Crippen molar-refractivity contribution in [1.29, 1.82) is 0 Å². The van der Waals surface area contributed by atoms with E-state index in [9.17, 15) is 0 Å². The van der Waals surface area contributed by atoms with E-state index < -0.39 is 6.23 Å². The van der Waals surface area contributed by atoms with Crippen LogP contribution in [0.5, 0.6) is 11.6 Å². The standard InChI is InChI=1S/C25H21BrN4O2S/c1-2-33-25-28-24-22(29-30-25)20-14-18(26)10-13-21(20)27-23(32-24)17-8-11-19(12-9-17)31-15-16-6-4-3-5-7-16/h3-14,23,27H,2,15H2,1H3. The lowest BCUT2D eigenvalue weighted by molar-refractivity contribution is 0.225. The molecular weight excluding hydrogens is 500 g/mol. The van der Waals surface area contributed by atoms with Crippen LogP contribution in [0.4, 0.5) is 5.69 Å². The number of anilines is 1. The van der Waals surface area contributed by atoms with Gasteiger partial charge < -0.3 is 14.8 Å². The van der Waals surface area contributed by atoms with Crippen molar-refractivity contribution >= 4 is 33.4 Å². The van der Waals surface area contributed by atoms with Crippen LogP contribution in [0.15, 0.2) is 82.4 Å². The lowest BCUT2D eigenvalue weighted by Gasteiger charge is -2.19.